The number of amides is 1. The Morgan fingerprint density at radius 1 is 1.52 bits per heavy atom. The summed E-state index contributed by atoms with van der Waals surface area (Å²) in [5.41, 5.74) is 0. The third kappa shape index (κ3) is 3.30. The van der Waals surface area contributed by atoms with E-state index in [1.54, 1.807) is 18.4 Å². The van der Waals surface area contributed by atoms with Crippen molar-refractivity contribution in [2.45, 2.75) is 31.8 Å². The van der Waals surface area contributed by atoms with Gasteiger partial charge in [0.05, 0.1) is 19.2 Å². The summed E-state index contributed by atoms with van der Waals surface area (Å²) in [7, 11) is 1.69. The summed E-state index contributed by atoms with van der Waals surface area (Å²) in [6.45, 7) is 2.98. The van der Waals surface area contributed by atoms with E-state index in [-0.39, 0.29) is 11.9 Å². The summed E-state index contributed by atoms with van der Waals surface area (Å²) in [6, 6.07) is 4.16. The normalized spacial score (nSPS) is 27.8. The van der Waals surface area contributed by atoms with Crippen molar-refractivity contribution in [2.24, 2.45) is 11.8 Å². The van der Waals surface area contributed by atoms with Gasteiger partial charge in [0.25, 0.3) is 0 Å². The minimum absolute atomic E-state index is 0.0225. The first-order valence-electron chi connectivity index (χ1n) is 7.83. The van der Waals surface area contributed by atoms with Crippen LogP contribution in [0.4, 0.5) is 0 Å². The minimum Gasteiger partial charge on any atom is -0.383 e. The second-order valence-electron chi connectivity index (χ2n) is 6.07. The number of nitrogens with zero attached hydrogens (tertiary/aromatic N) is 1. The van der Waals surface area contributed by atoms with Gasteiger partial charge in [-0.1, -0.05) is 12.5 Å². The monoisotopic (exact) mass is 308 g/mol. The van der Waals surface area contributed by atoms with Crippen molar-refractivity contribution in [3.8, 4) is 0 Å². The Morgan fingerprint density at radius 3 is 3.19 bits per heavy atom. The van der Waals surface area contributed by atoms with E-state index in [2.05, 4.69) is 16.8 Å². The van der Waals surface area contributed by atoms with Crippen molar-refractivity contribution in [1.29, 1.82) is 0 Å². The van der Waals surface area contributed by atoms with Crippen LogP contribution in [0.25, 0.3) is 0 Å². The van der Waals surface area contributed by atoms with E-state index in [1.807, 2.05) is 11.0 Å². The molecule has 3 atom stereocenters. The first-order chi connectivity index (χ1) is 10.3. The SMILES string of the molecule is COCCN(Cc1cccs1)C(=O)C1NCC2CCCC21. The highest BCUT2D eigenvalue weighted by Gasteiger charge is 2.43. The first-order valence-corrected chi connectivity index (χ1v) is 8.71. The van der Waals surface area contributed by atoms with Gasteiger partial charge in [0.2, 0.25) is 5.91 Å². The van der Waals surface area contributed by atoms with Crippen molar-refractivity contribution in [2.75, 3.05) is 26.8 Å². The Hall–Kier alpha value is -0.910. The molecule has 1 amide bonds. The smallest absolute Gasteiger partial charge is 0.240 e. The topological polar surface area (TPSA) is 41.6 Å². The standard InChI is InChI=1S/C16H24N2O2S/c1-20-8-7-18(11-13-5-3-9-21-13)16(19)15-14-6-2-4-12(14)10-17-15/h3,5,9,12,14-15,17H,2,4,6-8,10-11H2,1H3. The molecule has 2 heterocycles. The largest absolute Gasteiger partial charge is 0.383 e. The molecule has 0 spiro atoms. The van der Waals surface area contributed by atoms with Crippen LogP contribution in [0.2, 0.25) is 0 Å². The average molecular weight is 308 g/mol. The van der Waals surface area contributed by atoms with Crippen LogP contribution >= 0.6 is 11.3 Å². The van der Waals surface area contributed by atoms with E-state index in [9.17, 15) is 4.79 Å². The van der Waals surface area contributed by atoms with Crippen molar-refractivity contribution < 1.29 is 9.53 Å². The molecule has 0 radical (unpaired) electrons. The molecule has 1 aliphatic carbocycles. The van der Waals surface area contributed by atoms with Crippen LogP contribution in [-0.2, 0) is 16.1 Å². The number of carbonyl (C=O) groups excluding carboxylic acids is 1. The first kappa shape index (κ1) is 15.0. The molecule has 4 nitrogen and oxygen atoms in total. The van der Waals surface area contributed by atoms with Crippen molar-refractivity contribution in [3.05, 3.63) is 22.4 Å². The molecule has 1 aromatic rings. The number of thiophene rings is 1. The summed E-state index contributed by atoms with van der Waals surface area (Å²) < 4.78 is 5.18. The van der Waals surface area contributed by atoms with Gasteiger partial charge in [0.15, 0.2) is 0 Å². The molecular formula is C16H24N2O2S. The molecule has 0 bridgehead atoms. The van der Waals surface area contributed by atoms with E-state index in [1.165, 1.54) is 24.1 Å². The Morgan fingerprint density at radius 2 is 2.43 bits per heavy atom. The number of fused-ring (bicyclic) bond motifs is 1. The van der Waals surface area contributed by atoms with Crippen molar-refractivity contribution >= 4 is 17.2 Å². The zero-order valence-corrected chi connectivity index (χ0v) is 13.4. The molecule has 5 heteroatoms. The second kappa shape index (κ2) is 6.90. The van der Waals surface area contributed by atoms with E-state index in [0.717, 1.165) is 6.54 Å². The predicted octanol–water partition coefficient (Wildman–Crippen LogP) is 2.11. The lowest BCUT2D eigenvalue weighted by molar-refractivity contribution is -0.135. The molecule has 116 valence electrons. The van der Waals surface area contributed by atoms with Crippen LogP contribution in [0.15, 0.2) is 17.5 Å². The highest BCUT2D eigenvalue weighted by atomic mass is 32.1. The van der Waals surface area contributed by atoms with Gasteiger partial charge in [-0.15, -0.1) is 11.3 Å². The lowest BCUT2D eigenvalue weighted by Crippen LogP contribution is -2.47. The van der Waals surface area contributed by atoms with Gasteiger partial charge in [-0.3, -0.25) is 4.79 Å². The molecule has 0 aromatic carbocycles. The second-order valence-corrected chi connectivity index (χ2v) is 7.10. The Bertz CT molecular complexity index is 463. The third-order valence-electron chi connectivity index (χ3n) is 4.82. The van der Waals surface area contributed by atoms with E-state index < -0.39 is 0 Å². The summed E-state index contributed by atoms with van der Waals surface area (Å²) in [4.78, 5) is 16.1. The maximum atomic E-state index is 12.9. The number of methoxy groups -OCH3 is 1. The fourth-order valence-electron chi connectivity index (χ4n) is 3.71. The van der Waals surface area contributed by atoms with Crippen molar-refractivity contribution in [3.63, 3.8) is 0 Å². The van der Waals surface area contributed by atoms with Gasteiger partial charge in [0, 0.05) is 18.5 Å². The molecule has 2 fully saturated rings. The van der Waals surface area contributed by atoms with Gasteiger partial charge >= 0.3 is 0 Å². The molecule has 21 heavy (non-hydrogen) atoms. The highest BCUT2D eigenvalue weighted by Crippen LogP contribution is 2.38. The van der Waals surface area contributed by atoms with Gasteiger partial charge in [-0.05, 0) is 42.7 Å². The van der Waals surface area contributed by atoms with Crippen LogP contribution < -0.4 is 5.32 Å². The Kier molecular flexibility index (Phi) is 4.93. The lowest BCUT2D eigenvalue weighted by Gasteiger charge is -2.27. The Balaban J connectivity index is 1.67. The fourth-order valence-corrected chi connectivity index (χ4v) is 4.43. The number of rotatable bonds is 6. The third-order valence-corrected chi connectivity index (χ3v) is 5.68. The van der Waals surface area contributed by atoms with E-state index in [4.69, 9.17) is 4.74 Å². The molecule has 1 aliphatic heterocycles. The van der Waals surface area contributed by atoms with Gasteiger partial charge in [-0.2, -0.15) is 0 Å². The van der Waals surface area contributed by atoms with E-state index >= 15 is 0 Å². The fraction of sp³-hybridized carbons (Fsp3) is 0.688. The maximum absolute atomic E-state index is 12.9. The van der Waals surface area contributed by atoms with E-state index in [0.29, 0.717) is 31.5 Å². The summed E-state index contributed by atoms with van der Waals surface area (Å²) in [5, 5.41) is 5.53. The van der Waals surface area contributed by atoms with Crippen LogP contribution in [-0.4, -0.2) is 43.7 Å². The molecule has 1 aromatic heterocycles. The van der Waals surface area contributed by atoms with Gasteiger partial charge in [0.1, 0.15) is 0 Å². The van der Waals surface area contributed by atoms with Crippen LogP contribution in [0.3, 0.4) is 0 Å². The summed E-state index contributed by atoms with van der Waals surface area (Å²) in [5.74, 6) is 1.52. The number of hydrogen-bond donors (Lipinski definition) is 1. The quantitative estimate of drug-likeness (QED) is 0.875. The summed E-state index contributed by atoms with van der Waals surface area (Å²) >= 11 is 1.71. The molecule has 1 N–H and O–H groups in total. The van der Waals surface area contributed by atoms with Crippen LogP contribution in [0.1, 0.15) is 24.1 Å². The van der Waals surface area contributed by atoms with Gasteiger partial charge < -0.3 is 15.0 Å². The van der Waals surface area contributed by atoms with Crippen molar-refractivity contribution in [1.82, 2.24) is 10.2 Å². The number of carbonyl (C=O) groups is 1. The van der Waals surface area contributed by atoms with Gasteiger partial charge in [-0.25, -0.2) is 0 Å². The summed E-state index contributed by atoms with van der Waals surface area (Å²) in [6.07, 6.45) is 3.76. The zero-order chi connectivity index (χ0) is 14.7. The number of hydrogen-bond acceptors (Lipinski definition) is 4. The Labute approximate surface area is 130 Å². The predicted molar refractivity (Wildman–Crippen MR) is 84.2 cm³/mol. The lowest BCUT2D eigenvalue weighted by atomic mass is 9.93. The maximum Gasteiger partial charge on any atom is 0.240 e. The average Bonchev–Trinajstić information content (AvgIpc) is 3.19. The highest BCUT2D eigenvalue weighted by molar-refractivity contribution is 7.09. The molecule has 2 aliphatic rings. The molecule has 1 saturated carbocycles. The number of ether oxygens (including phenoxy) is 1. The molecule has 3 unspecified atom stereocenters. The minimum atomic E-state index is 0.0225. The molecule has 1 saturated heterocycles. The molecule has 3 rings (SSSR count). The zero-order valence-electron chi connectivity index (χ0n) is 12.6. The molecular weight excluding hydrogens is 284 g/mol. The number of nitrogens with one attached hydrogen (secondary N) is 1. The van der Waals surface area contributed by atoms with Crippen LogP contribution in [0.5, 0.6) is 0 Å². The van der Waals surface area contributed by atoms with Crippen LogP contribution in [0, 0.1) is 11.8 Å².